The van der Waals surface area contributed by atoms with Gasteiger partial charge >= 0.3 is 5.97 Å². The predicted molar refractivity (Wildman–Crippen MR) is 74.6 cm³/mol. The first-order chi connectivity index (χ1) is 9.13. The molecule has 1 aromatic rings. The second-order valence-corrected chi connectivity index (χ2v) is 5.44. The Labute approximate surface area is 120 Å². The third-order valence-electron chi connectivity index (χ3n) is 3.29. The summed E-state index contributed by atoms with van der Waals surface area (Å²) in [6.45, 7) is 0.338. The van der Waals surface area contributed by atoms with Crippen molar-refractivity contribution in [1.82, 2.24) is 5.32 Å². The van der Waals surface area contributed by atoms with E-state index in [2.05, 4.69) is 26.0 Å². The lowest BCUT2D eigenvalue weighted by Gasteiger charge is -2.05. The number of hydrogen-bond acceptors (Lipinski definition) is 3. The van der Waals surface area contributed by atoms with Gasteiger partial charge in [0.25, 0.3) is 0 Å². The van der Waals surface area contributed by atoms with Gasteiger partial charge in [-0.05, 0) is 24.0 Å². The first kappa shape index (κ1) is 14.1. The Balaban J connectivity index is 1.81. The van der Waals surface area contributed by atoms with Gasteiger partial charge in [-0.1, -0.05) is 34.1 Å². The number of halogens is 1. The second-order valence-electron chi connectivity index (χ2n) is 4.59. The van der Waals surface area contributed by atoms with Crippen molar-refractivity contribution >= 4 is 27.8 Å². The molecule has 0 aromatic heterocycles. The Morgan fingerprint density at radius 1 is 1.42 bits per heavy atom. The SMILES string of the molecule is COC(=O)CCNC(=O)[C@@H]1C[C@@H]1c1ccccc1Br. The fraction of sp³-hybridized carbons (Fsp3) is 0.429. The van der Waals surface area contributed by atoms with E-state index in [9.17, 15) is 9.59 Å². The average Bonchev–Trinajstić information content (AvgIpc) is 3.19. The fourth-order valence-corrected chi connectivity index (χ4v) is 2.70. The summed E-state index contributed by atoms with van der Waals surface area (Å²) in [7, 11) is 1.34. The maximum absolute atomic E-state index is 11.9. The van der Waals surface area contributed by atoms with E-state index in [1.807, 2.05) is 24.3 Å². The molecule has 1 saturated carbocycles. The lowest BCUT2D eigenvalue weighted by molar-refractivity contribution is -0.140. The number of esters is 1. The van der Waals surface area contributed by atoms with Crippen molar-refractivity contribution < 1.29 is 14.3 Å². The van der Waals surface area contributed by atoms with Crippen LogP contribution in [0.5, 0.6) is 0 Å². The third kappa shape index (κ3) is 3.56. The van der Waals surface area contributed by atoms with Gasteiger partial charge in [0.2, 0.25) is 5.91 Å². The molecule has 0 saturated heterocycles. The van der Waals surface area contributed by atoms with E-state index in [1.54, 1.807) is 0 Å². The molecule has 0 unspecified atom stereocenters. The van der Waals surface area contributed by atoms with Crippen LogP contribution in [-0.2, 0) is 14.3 Å². The maximum atomic E-state index is 11.9. The summed E-state index contributed by atoms with van der Waals surface area (Å²) in [6, 6.07) is 7.96. The molecule has 5 heteroatoms. The summed E-state index contributed by atoms with van der Waals surface area (Å²) in [5, 5.41) is 2.77. The van der Waals surface area contributed by atoms with E-state index in [-0.39, 0.29) is 30.1 Å². The topological polar surface area (TPSA) is 55.4 Å². The van der Waals surface area contributed by atoms with Crippen LogP contribution < -0.4 is 5.32 Å². The number of carbonyl (C=O) groups is 2. The number of carbonyl (C=O) groups excluding carboxylic acids is 2. The summed E-state index contributed by atoms with van der Waals surface area (Å²) < 4.78 is 5.56. The monoisotopic (exact) mass is 325 g/mol. The zero-order valence-corrected chi connectivity index (χ0v) is 12.3. The van der Waals surface area contributed by atoms with Gasteiger partial charge in [-0.25, -0.2) is 0 Å². The van der Waals surface area contributed by atoms with E-state index in [4.69, 9.17) is 0 Å². The number of ether oxygens (including phenoxy) is 1. The van der Waals surface area contributed by atoms with Gasteiger partial charge in [0.15, 0.2) is 0 Å². The summed E-state index contributed by atoms with van der Waals surface area (Å²) in [5.41, 5.74) is 1.18. The van der Waals surface area contributed by atoms with Gasteiger partial charge in [0.1, 0.15) is 0 Å². The van der Waals surface area contributed by atoms with Gasteiger partial charge in [0, 0.05) is 16.9 Å². The highest BCUT2D eigenvalue weighted by Gasteiger charge is 2.44. The van der Waals surface area contributed by atoms with Crippen LogP contribution in [0.4, 0.5) is 0 Å². The first-order valence-electron chi connectivity index (χ1n) is 6.22. The molecule has 2 rings (SSSR count). The highest BCUT2D eigenvalue weighted by molar-refractivity contribution is 9.10. The van der Waals surface area contributed by atoms with Gasteiger partial charge in [0.05, 0.1) is 13.5 Å². The molecular formula is C14H16BrNO3. The van der Waals surface area contributed by atoms with Crippen LogP contribution in [-0.4, -0.2) is 25.5 Å². The van der Waals surface area contributed by atoms with Crippen molar-refractivity contribution in [1.29, 1.82) is 0 Å². The standard InChI is InChI=1S/C14H16BrNO3/c1-19-13(17)6-7-16-14(18)11-8-10(11)9-4-2-3-5-12(9)15/h2-5,10-11H,6-8H2,1H3,(H,16,18)/t10-,11-/m1/s1. The van der Waals surface area contributed by atoms with Crippen LogP contribution in [0.1, 0.15) is 24.3 Å². The molecule has 4 nitrogen and oxygen atoms in total. The van der Waals surface area contributed by atoms with Crippen LogP contribution in [0.15, 0.2) is 28.7 Å². The number of nitrogens with one attached hydrogen (secondary N) is 1. The molecule has 0 radical (unpaired) electrons. The second kappa shape index (κ2) is 6.19. The Morgan fingerprint density at radius 2 is 2.16 bits per heavy atom. The molecule has 0 heterocycles. The Kier molecular flexibility index (Phi) is 4.58. The van der Waals surface area contributed by atoms with Gasteiger partial charge < -0.3 is 10.1 Å². The highest BCUT2D eigenvalue weighted by Crippen LogP contribution is 2.49. The molecule has 102 valence electrons. The normalized spacial score (nSPS) is 20.7. The number of benzene rings is 1. The largest absolute Gasteiger partial charge is 0.469 e. The highest BCUT2D eigenvalue weighted by atomic mass is 79.9. The Hall–Kier alpha value is -1.36. The maximum Gasteiger partial charge on any atom is 0.307 e. The molecule has 0 bridgehead atoms. The number of rotatable bonds is 5. The minimum absolute atomic E-state index is 0.0182. The lowest BCUT2D eigenvalue weighted by atomic mass is 10.1. The summed E-state index contributed by atoms with van der Waals surface area (Å²) in [6.07, 6.45) is 1.08. The first-order valence-corrected chi connectivity index (χ1v) is 7.01. The van der Waals surface area contributed by atoms with E-state index in [0.717, 1.165) is 10.9 Å². The van der Waals surface area contributed by atoms with E-state index >= 15 is 0 Å². The van der Waals surface area contributed by atoms with E-state index in [1.165, 1.54) is 12.7 Å². The van der Waals surface area contributed by atoms with Gasteiger partial charge in [-0.2, -0.15) is 0 Å². The molecule has 0 aliphatic heterocycles. The van der Waals surface area contributed by atoms with Crippen LogP contribution in [0.25, 0.3) is 0 Å². The lowest BCUT2D eigenvalue weighted by Crippen LogP contribution is -2.28. The third-order valence-corrected chi connectivity index (χ3v) is 4.01. The molecule has 1 aliphatic rings. The van der Waals surface area contributed by atoms with Crippen LogP contribution in [0.3, 0.4) is 0 Å². The Morgan fingerprint density at radius 3 is 2.84 bits per heavy atom. The summed E-state index contributed by atoms with van der Waals surface area (Å²) >= 11 is 3.50. The van der Waals surface area contributed by atoms with E-state index < -0.39 is 0 Å². The van der Waals surface area contributed by atoms with Crippen molar-refractivity contribution in [2.45, 2.75) is 18.8 Å². The molecule has 1 aromatic carbocycles. The molecule has 2 atom stereocenters. The molecule has 1 aliphatic carbocycles. The zero-order chi connectivity index (χ0) is 13.8. The smallest absolute Gasteiger partial charge is 0.307 e. The molecule has 1 amide bonds. The molecular weight excluding hydrogens is 310 g/mol. The molecule has 1 N–H and O–H groups in total. The van der Waals surface area contributed by atoms with Crippen molar-refractivity contribution in [3.63, 3.8) is 0 Å². The minimum Gasteiger partial charge on any atom is -0.469 e. The van der Waals surface area contributed by atoms with Gasteiger partial charge in [-0.3, -0.25) is 9.59 Å². The minimum atomic E-state index is -0.307. The fourth-order valence-electron chi connectivity index (χ4n) is 2.13. The Bertz CT molecular complexity index is 489. The van der Waals surface area contributed by atoms with Crippen molar-refractivity contribution in [2.24, 2.45) is 5.92 Å². The van der Waals surface area contributed by atoms with E-state index in [0.29, 0.717) is 6.54 Å². The quantitative estimate of drug-likeness (QED) is 0.844. The van der Waals surface area contributed by atoms with Crippen molar-refractivity contribution in [3.05, 3.63) is 34.3 Å². The van der Waals surface area contributed by atoms with Crippen LogP contribution in [0.2, 0.25) is 0 Å². The molecule has 19 heavy (non-hydrogen) atoms. The van der Waals surface area contributed by atoms with Crippen molar-refractivity contribution in [2.75, 3.05) is 13.7 Å². The molecule has 1 fully saturated rings. The number of hydrogen-bond donors (Lipinski definition) is 1. The zero-order valence-electron chi connectivity index (χ0n) is 10.7. The van der Waals surface area contributed by atoms with Crippen LogP contribution in [0, 0.1) is 5.92 Å². The summed E-state index contributed by atoms with van der Waals surface area (Å²) in [5.74, 6) is 0.0214. The number of amides is 1. The summed E-state index contributed by atoms with van der Waals surface area (Å²) in [4.78, 5) is 22.8. The van der Waals surface area contributed by atoms with Crippen LogP contribution >= 0.6 is 15.9 Å². The average molecular weight is 326 g/mol. The van der Waals surface area contributed by atoms with Gasteiger partial charge in [-0.15, -0.1) is 0 Å². The molecule has 0 spiro atoms. The number of methoxy groups -OCH3 is 1. The predicted octanol–water partition coefficient (Wildman–Crippen LogP) is 2.23. The van der Waals surface area contributed by atoms with Crippen molar-refractivity contribution in [3.8, 4) is 0 Å².